The van der Waals surface area contributed by atoms with Gasteiger partial charge >= 0.3 is 0 Å². The van der Waals surface area contributed by atoms with Gasteiger partial charge in [0.15, 0.2) is 11.6 Å². The number of rotatable bonds is 6. The van der Waals surface area contributed by atoms with Gasteiger partial charge in [-0.2, -0.15) is 0 Å². The van der Waals surface area contributed by atoms with Crippen LogP contribution in [0.3, 0.4) is 0 Å². The molecule has 12 heteroatoms. The van der Waals surface area contributed by atoms with Crippen LogP contribution in [0, 0.1) is 31.4 Å². The Bertz CT molecular complexity index is 2420. The van der Waals surface area contributed by atoms with Crippen LogP contribution in [-0.4, -0.2) is 44.6 Å². The average Bonchev–Trinajstić information content (AvgIpc) is 3.96. The number of carbonyl (C=O) groups excluding carboxylic acids is 1. The number of hydrogen-bond donors (Lipinski definition) is 1. The molecule has 11 rings (SSSR count). The number of amides is 1. The van der Waals surface area contributed by atoms with E-state index >= 15 is 0 Å². The number of hydrogen-bond acceptors (Lipinski definition) is 9. The molecule has 2 N–H and O–H groups in total. The highest BCUT2D eigenvalue weighted by Gasteiger charge is 2.65. The van der Waals surface area contributed by atoms with Crippen LogP contribution in [0.15, 0.2) is 52.9 Å². The van der Waals surface area contributed by atoms with Crippen LogP contribution in [0.25, 0.3) is 32.0 Å². The van der Waals surface area contributed by atoms with Crippen molar-refractivity contribution in [1.29, 1.82) is 0 Å². The number of nitrogen functional groups attached to an aromatic ring is 1. The molecule has 264 valence electrons. The molecule has 2 saturated heterocycles. The number of nitrogens with zero attached hydrogens (tertiary/aromatic N) is 5. The summed E-state index contributed by atoms with van der Waals surface area (Å²) < 4.78 is 38.6. The highest BCUT2D eigenvalue weighted by atomic mass is 32.1. The Hall–Kier alpha value is -5.23. The summed E-state index contributed by atoms with van der Waals surface area (Å²) in [5.41, 5.74) is 13.9. The van der Waals surface area contributed by atoms with Gasteiger partial charge in [0.2, 0.25) is 11.8 Å². The van der Waals surface area contributed by atoms with Crippen molar-refractivity contribution in [3.8, 4) is 27.6 Å². The van der Waals surface area contributed by atoms with E-state index in [0.29, 0.717) is 53.2 Å². The predicted octanol–water partition coefficient (Wildman–Crippen LogP) is 7.93. The third-order valence-electron chi connectivity index (χ3n) is 11.0. The first-order valence-corrected chi connectivity index (χ1v) is 18.4. The van der Waals surface area contributed by atoms with E-state index in [1.54, 1.807) is 19.1 Å². The minimum Gasteiger partial charge on any atom is -0.493 e. The Balaban J connectivity index is 0.000000254. The largest absolute Gasteiger partial charge is 0.493 e. The second kappa shape index (κ2) is 12.2. The Morgan fingerprint density at radius 2 is 1.81 bits per heavy atom. The Kier molecular flexibility index (Phi) is 7.65. The van der Waals surface area contributed by atoms with Crippen LogP contribution < -0.4 is 10.5 Å². The van der Waals surface area contributed by atoms with Crippen LogP contribution in [0.4, 0.5) is 14.6 Å². The Morgan fingerprint density at radius 1 is 1.00 bits per heavy atom. The molecule has 0 unspecified atom stereocenters. The van der Waals surface area contributed by atoms with Crippen molar-refractivity contribution in [3.05, 3.63) is 105 Å². The van der Waals surface area contributed by atoms with Crippen molar-refractivity contribution in [2.75, 3.05) is 19.4 Å². The van der Waals surface area contributed by atoms with E-state index in [4.69, 9.17) is 19.9 Å². The van der Waals surface area contributed by atoms with Crippen LogP contribution in [0.5, 0.6) is 5.75 Å². The quantitative estimate of drug-likeness (QED) is 0.184. The lowest BCUT2D eigenvalue weighted by atomic mass is 9.71. The van der Waals surface area contributed by atoms with E-state index in [-0.39, 0.29) is 23.1 Å². The van der Waals surface area contributed by atoms with Crippen LogP contribution >= 0.6 is 11.3 Å². The molecule has 0 radical (unpaired) electrons. The van der Waals surface area contributed by atoms with Gasteiger partial charge in [0, 0.05) is 35.2 Å². The van der Waals surface area contributed by atoms with Crippen LogP contribution in [-0.2, 0) is 31.2 Å². The molecule has 1 amide bonds. The first-order valence-electron chi connectivity index (χ1n) is 17.6. The van der Waals surface area contributed by atoms with E-state index in [2.05, 4.69) is 21.2 Å². The fraction of sp³-hybridized carbons (Fsp3) is 0.325. The molecular formula is C40H36F2N6O3S. The van der Waals surface area contributed by atoms with Gasteiger partial charge in [-0.15, -0.1) is 21.5 Å². The normalized spacial score (nSPS) is 19.3. The van der Waals surface area contributed by atoms with E-state index in [0.717, 1.165) is 87.4 Å². The summed E-state index contributed by atoms with van der Waals surface area (Å²) >= 11 is 1.52. The second-order valence-electron chi connectivity index (χ2n) is 14.3. The summed E-state index contributed by atoms with van der Waals surface area (Å²) in [7, 11) is 1.52. The first-order chi connectivity index (χ1) is 25.1. The van der Waals surface area contributed by atoms with Gasteiger partial charge in [-0.3, -0.25) is 9.78 Å². The van der Waals surface area contributed by atoms with Crippen molar-refractivity contribution in [2.45, 2.75) is 64.3 Å². The number of nitrogens with two attached hydrogens (primary N) is 1. The molecule has 2 aromatic carbocycles. The molecule has 1 saturated carbocycles. The predicted molar refractivity (Wildman–Crippen MR) is 194 cm³/mol. The number of aryl methyl sites for hydroxylation is 5. The highest BCUT2D eigenvalue weighted by molar-refractivity contribution is 7.22. The van der Waals surface area contributed by atoms with E-state index < -0.39 is 0 Å². The van der Waals surface area contributed by atoms with Gasteiger partial charge in [-0.05, 0) is 105 Å². The van der Waals surface area contributed by atoms with Crippen molar-refractivity contribution in [2.24, 2.45) is 5.92 Å². The minimum absolute atomic E-state index is 0.0137. The number of aromatic nitrogens is 4. The molecule has 3 aliphatic heterocycles. The molecular weight excluding hydrogens is 683 g/mol. The van der Waals surface area contributed by atoms with E-state index in [9.17, 15) is 13.6 Å². The van der Waals surface area contributed by atoms with Gasteiger partial charge in [0.25, 0.3) is 5.91 Å². The summed E-state index contributed by atoms with van der Waals surface area (Å²) in [6.07, 6.45) is 6.22. The van der Waals surface area contributed by atoms with Crippen molar-refractivity contribution >= 4 is 33.1 Å². The number of ether oxygens (including phenoxy) is 1. The highest BCUT2D eigenvalue weighted by Crippen LogP contribution is 2.63. The fourth-order valence-electron chi connectivity index (χ4n) is 8.72. The van der Waals surface area contributed by atoms with Gasteiger partial charge in [-0.25, -0.2) is 13.8 Å². The maximum atomic E-state index is 14.1. The molecule has 2 bridgehead atoms. The third-order valence-corrected chi connectivity index (χ3v) is 12.2. The summed E-state index contributed by atoms with van der Waals surface area (Å²) in [6.45, 7) is 4.43. The minimum atomic E-state index is -0.340. The molecule has 7 heterocycles. The number of benzene rings is 2. The molecule has 52 heavy (non-hydrogen) atoms. The molecule has 2 aliphatic carbocycles. The Labute approximate surface area is 302 Å². The number of methoxy groups -OCH3 is 1. The van der Waals surface area contributed by atoms with Crippen LogP contribution in [0.2, 0.25) is 0 Å². The molecule has 9 nitrogen and oxygen atoms in total. The SMILES string of the molecule is COc1c(F)ccc2c1CCC2.Cc1cc2cc(-c3c4c(nc(CCc5ccc(F)cc5)c3-c3nnc(C)o3)C35CC(CN3C4=O)C5)sc2c(N)n1. The van der Waals surface area contributed by atoms with Gasteiger partial charge in [-0.1, -0.05) is 18.2 Å². The third kappa shape index (κ3) is 5.09. The standard InChI is InChI=1S/C30H25FN6O2S.C10H11FO/c1-14-9-18-10-21(40-25(18)27(32)33-14)23-22(28-36-35-15(2)39-28)20(8-5-16-3-6-19(31)7-4-16)34-26-24(23)29(38)37-13-17-11-30(26,37)12-17;1-12-10-8-4-2-3-7(8)5-6-9(10)11/h3-4,6-7,9-10,17H,5,8,11-13H2,1-2H3,(H2,32,33);5-6H,2-4H2,1H3. The molecule has 4 aromatic heterocycles. The van der Waals surface area contributed by atoms with Crippen molar-refractivity contribution in [3.63, 3.8) is 0 Å². The lowest BCUT2D eigenvalue weighted by Gasteiger charge is -2.37. The van der Waals surface area contributed by atoms with Crippen molar-refractivity contribution < 1.29 is 22.7 Å². The lowest BCUT2D eigenvalue weighted by molar-refractivity contribution is 0.0637. The summed E-state index contributed by atoms with van der Waals surface area (Å²) in [4.78, 5) is 26.7. The monoisotopic (exact) mass is 718 g/mol. The number of pyridine rings is 2. The molecule has 0 atom stereocenters. The van der Waals surface area contributed by atoms with Gasteiger partial charge in [0.1, 0.15) is 11.6 Å². The van der Waals surface area contributed by atoms with E-state index in [1.807, 2.05) is 24.0 Å². The number of carbonyl (C=O) groups is 1. The zero-order chi connectivity index (χ0) is 35.9. The summed E-state index contributed by atoms with van der Waals surface area (Å²) in [5, 5.41) is 9.50. The topological polar surface area (TPSA) is 120 Å². The fourth-order valence-corrected chi connectivity index (χ4v) is 9.82. The smallest absolute Gasteiger partial charge is 0.257 e. The zero-order valence-corrected chi connectivity index (χ0v) is 29.9. The molecule has 3 fully saturated rings. The summed E-state index contributed by atoms with van der Waals surface area (Å²) in [6, 6.07) is 14.0. The van der Waals surface area contributed by atoms with Crippen LogP contribution in [0.1, 0.15) is 69.3 Å². The lowest BCUT2D eigenvalue weighted by Crippen LogP contribution is -2.40. The number of anilines is 1. The van der Waals surface area contributed by atoms with E-state index in [1.165, 1.54) is 42.2 Å². The van der Waals surface area contributed by atoms with Gasteiger partial charge in [0.05, 0.1) is 39.9 Å². The maximum Gasteiger partial charge on any atom is 0.257 e. The van der Waals surface area contributed by atoms with Crippen molar-refractivity contribution in [1.82, 2.24) is 25.1 Å². The second-order valence-corrected chi connectivity index (χ2v) is 15.3. The molecule has 6 aromatic rings. The zero-order valence-electron chi connectivity index (χ0n) is 29.1. The summed E-state index contributed by atoms with van der Waals surface area (Å²) in [5.74, 6) is 1.72. The maximum absolute atomic E-state index is 14.1. The number of fused-ring (bicyclic) bond motifs is 3. The molecule has 1 spiro atoms. The number of halogens is 2. The first kappa shape index (κ1) is 32.7. The molecule has 5 aliphatic rings. The average molecular weight is 719 g/mol. The number of thiophene rings is 1. The van der Waals surface area contributed by atoms with Gasteiger partial charge < -0.3 is 19.8 Å². The Morgan fingerprint density at radius 3 is 2.56 bits per heavy atom.